The Labute approximate surface area is 215 Å². The topological polar surface area (TPSA) is 65.1 Å². The standard InChI is InChI=1S/C29H37NO5S/c1-22(2)26-9-6-7-10-29(26)36(31,32)25-14-12-24(13-15-25)35-20-8-18-30(3)19-17-23-11-16-27(33-4)28(21-23)34-5/h6-7,9-16,21-22H,8,17-20H2,1-5H3. The molecule has 0 heterocycles. The van der Waals surface area contributed by atoms with E-state index in [-0.39, 0.29) is 10.8 Å². The minimum Gasteiger partial charge on any atom is -0.494 e. The van der Waals surface area contributed by atoms with Crippen LogP contribution in [0.15, 0.2) is 76.5 Å². The molecule has 0 fully saturated rings. The van der Waals surface area contributed by atoms with E-state index in [9.17, 15) is 8.42 Å². The van der Waals surface area contributed by atoms with E-state index in [2.05, 4.69) is 18.0 Å². The van der Waals surface area contributed by atoms with Gasteiger partial charge in [-0.05, 0) is 79.4 Å². The lowest BCUT2D eigenvalue weighted by molar-refractivity contribution is 0.264. The van der Waals surface area contributed by atoms with Crippen molar-refractivity contribution in [2.24, 2.45) is 0 Å². The number of methoxy groups -OCH3 is 2. The summed E-state index contributed by atoms with van der Waals surface area (Å²) < 4.78 is 42.9. The van der Waals surface area contributed by atoms with E-state index in [0.29, 0.717) is 17.3 Å². The molecule has 0 aliphatic rings. The second kappa shape index (κ2) is 12.8. The summed E-state index contributed by atoms with van der Waals surface area (Å²) in [6.07, 6.45) is 1.78. The van der Waals surface area contributed by atoms with Crippen LogP contribution in [0.25, 0.3) is 0 Å². The van der Waals surface area contributed by atoms with Gasteiger partial charge in [0.05, 0.1) is 30.6 Å². The summed E-state index contributed by atoms with van der Waals surface area (Å²) in [6, 6.07) is 19.9. The van der Waals surface area contributed by atoms with Gasteiger partial charge in [0.2, 0.25) is 9.84 Å². The SMILES string of the molecule is COc1ccc(CCN(C)CCCOc2ccc(S(=O)(=O)c3ccccc3C(C)C)cc2)cc1OC. The number of benzene rings is 3. The lowest BCUT2D eigenvalue weighted by Crippen LogP contribution is -2.23. The van der Waals surface area contributed by atoms with E-state index in [0.717, 1.165) is 43.0 Å². The van der Waals surface area contributed by atoms with E-state index >= 15 is 0 Å². The Morgan fingerprint density at radius 3 is 2.22 bits per heavy atom. The van der Waals surface area contributed by atoms with Crippen LogP contribution >= 0.6 is 0 Å². The lowest BCUT2D eigenvalue weighted by Gasteiger charge is -2.17. The predicted molar refractivity (Wildman–Crippen MR) is 143 cm³/mol. The van der Waals surface area contributed by atoms with Gasteiger partial charge in [-0.1, -0.05) is 38.1 Å². The number of sulfone groups is 1. The zero-order valence-corrected chi connectivity index (χ0v) is 22.7. The maximum atomic E-state index is 13.2. The van der Waals surface area contributed by atoms with Gasteiger partial charge >= 0.3 is 0 Å². The van der Waals surface area contributed by atoms with Gasteiger partial charge in [-0.25, -0.2) is 8.42 Å². The summed E-state index contributed by atoms with van der Waals surface area (Å²) in [4.78, 5) is 2.91. The van der Waals surface area contributed by atoms with Crippen LogP contribution in [0.5, 0.6) is 17.2 Å². The third-order valence-electron chi connectivity index (χ3n) is 6.15. The molecule has 0 radical (unpaired) electrons. The van der Waals surface area contributed by atoms with Gasteiger partial charge in [0.15, 0.2) is 11.5 Å². The molecule has 194 valence electrons. The molecular formula is C29H37NO5S. The summed E-state index contributed by atoms with van der Waals surface area (Å²) in [5, 5.41) is 0. The van der Waals surface area contributed by atoms with E-state index in [1.165, 1.54) is 5.56 Å². The Bertz CT molecular complexity index is 1220. The summed E-state index contributed by atoms with van der Waals surface area (Å²) in [5.74, 6) is 2.27. The third-order valence-corrected chi connectivity index (χ3v) is 7.99. The molecule has 0 aliphatic carbocycles. The van der Waals surface area contributed by atoms with Crippen molar-refractivity contribution in [1.82, 2.24) is 4.90 Å². The van der Waals surface area contributed by atoms with Crippen molar-refractivity contribution < 1.29 is 22.6 Å². The average molecular weight is 512 g/mol. The fourth-order valence-corrected chi connectivity index (χ4v) is 5.66. The zero-order chi connectivity index (χ0) is 26.1. The van der Waals surface area contributed by atoms with Crippen LogP contribution in [-0.4, -0.2) is 54.3 Å². The lowest BCUT2D eigenvalue weighted by atomic mass is 10.0. The molecule has 0 unspecified atom stereocenters. The molecule has 0 saturated heterocycles. The highest BCUT2D eigenvalue weighted by molar-refractivity contribution is 7.91. The number of hydrogen-bond donors (Lipinski definition) is 0. The van der Waals surface area contributed by atoms with Crippen LogP contribution in [0, 0.1) is 0 Å². The Morgan fingerprint density at radius 1 is 0.861 bits per heavy atom. The number of likely N-dealkylation sites (N-methyl/N-ethyl adjacent to an activating group) is 1. The quantitative estimate of drug-likeness (QED) is 0.278. The van der Waals surface area contributed by atoms with Crippen molar-refractivity contribution in [3.8, 4) is 17.2 Å². The fourth-order valence-electron chi connectivity index (χ4n) is 4.04. The van der Waals surface area contributed by atoms with Crippen LogP contribution in [0.3, 0.4) is 0 Å². The summed E-state index contributed by atoms with van der Waals surface area (Å²) >= 11 is 0. The molecule has 0 bridgehead atoms. The molecule has 3 aromatic rings. The molecule has 7 heteroatoms. The second-order valence-corrected chi connectivity index (χ2v) is 11.0. The van der Waals surface area contributed by atoms with Crippen molar-refractivity contribution in [3.63, 3.8) is 0 Å². The van der Waals surface area contributed by atoms with Crippen LogP contribution < -0.4 is 14.2 Å². The molecule has 3 rings (SSSR count). The van der Waals surface area contributed by atoms with Gasteiger partial charge in [-0.3, -0.25) is 0 Å². The molecular weight excluding hydrogens is 474 g/mol. The molecule has 0 aliphatic heterocycles. The molecule has 3 aromatic carbocycles. The zero-order valence-electron chi connectivity index (χ0n) is 21.9. The molecule has 0 saturated carbocycles. The molecule has 0 aromatic heterocycles. The largest absolute Gasteiger partial charge is 0.494 e. The fraction of sp³-hybridized carbons (Fsp3) is 0.379. The summed E-state index contributed by atoms with van der Waals surface area (Å²) in [6.45, 7) is 6.37. The highest BCUT2D eigenvalue weighted by atomic mass is 32.2. The van der Waals surface area contributed by atoms with E-state index < -0.39 is 9.84 Å². The number of nitrogens with zero attached hydrogens (tertiary/aromatic N) is 1. The van der Waals surface area contributed by atoms with Crippen molar-refractivity contribution in [1.29, 1.82) is 0 Å². The Hall–Kier alpha value is -3.03. The average Bonchev–Trinajstić information content (AvgIpc) is 2.90. The number of ether oxygens (including phenoxy) is 3. The summed E-state index contributed by atoms with van der Waals surface area (Å²) in [5.41, 5.74) is 2.02. The molecule has 6 nitrogen and oxygen atoms in total. The first-order valence-corrected chi connectivity index (χ1v) is 13.7. The molecule has 0 amide bonds. The number of rotatable bonds is 13. The number of hydrogen-bond acceptors (Lipinski definition) is 6. The first-order valence-electron chi connectivity index (χ1n) is 12.2. The van der Waals surface area contributed by atoms with Gasteiger partial charge in [0.1, 0.15) is 5.75 Å². The van der Waals surface area contributed by atoms with Crippen LogP contribution in [-0.2, 0) is 16.3 Å². The predicted octanol–water partition coefficient (Wildman–Crippen LogP) is 5.60. The third kappa shape index (κ3) is 7.02. The Morgan fingerprint density at radius 2 is 1.56 bits per heavy atom. The van der Waals surface area contributed by atoms with Gasteiger partial charge in [-0.2, -0.15) is 0 Å². The Kier molecular flexibility index (Phi) is 9.79. The van der Waals surface area contributed by atoms with E-state index in [1.54, 1.807) is 50.6 Å². The van der Waals surface area contributed by atoms with Gasteiger partial charge in [0.25, 0.3) is 0 Å². The Balaban J connectivity index is 1.47. The van der Waals surface area contributed by atoms with Crippen molar-refractivity contribution in [3.05, 3.63) is 77.9 Å². The van der Waals surface area contributed by atoms with Crippen molar-refractivity contribution in [2.75, 3.05) is 41.0 Å². The van der Waals surface area contributed by atoms with E-state index in [1.807, 2.05) is 38.1 Å². The minimum atomic E-state index is -3.58. The van der Waals surface area contributed by atoms with Gasteiger partial charge in [-0.15, -0.1) is 0 Å². The normalized spacial score (nSPS) is 11.6. The van der Waals surface area contributed by atoms with E-state index in [4.69, 9.17) is 14.2 Å². The van der Waals surface area contributed by atoms with Crippen LogP contribution in [0.2, 0.25) is 0 Å². The maximum absolute atomic E-state index is 13.2. The molecule has 0 N–H and O–H groups in total. The molecule has 36 heavy (non-hydrogen) atoms. The highest BCUT2D eigenvalue weighted by Crippen LogP contribution is 2.30. The van der Waals surface area contributed by atoms with Gasteiger partial charge in [0, 0.05) is 13.1 Å². The first kappa shape index (κ1) is 27.6. The summed E-state index contributed by atoms with van der Waals surface area (Å²) in [7, 11) is 1.79. The highest BCUT2D eigenvalue weighted by Gasteiger charge is 2.22. The first-order chi connectivity index (χ1) is 17.3. The van der Waals surface area contributed by atoms with Crippen LogP contribution in [0.4, 0.5) is 0 Å². The maximum Gasteiger partial charge on any atom is 0.206 e. The van der Waals surface area contributed by atoms with Crippen molar-refractivity contribution in [2.45, 2.75) is 42.4 Å². The van der Waals surface area contributed by atoms with Gasteiger partial charge < -0.3 is 19.1 Å². The van der Waals surface area contributed by atoms with Crippen LogP contribution in [0.1, 0.15) is 37.3 Å². The minimum absolute atomic E-state index is 0.121. The second-order valence-electron chi connectivity index (χ2n) is 9.11. The smallest absolute Gasteiger partial charge is 0.206 e. The molecule has 0 spiro atoms. The molecule has 0 atom stereocenters. The van der Waals surface area contributed by atoms with Crippen molar-refractivity contribution >= 4 is 9.84 Å². The monoisotopic (exact) mass is 511 g/mol.